The number of piperidine rings is 1. The normalized spacial score (nSPS) is 23.5. The lowest BCUT2D eigenvalue weighted by Crippen LogP contribution is -2.48. The summed E-state index contributed by atoms with van der Waals surface area (Å²) >= 11 is 0. The van der Waals surface area contributed by atoms with Crippen LogP contribution in [0.3, 0.4) is 0 Å². The average Bonchev–Trinajstić information content (AvgIpc) is 3.24. The fraction of sp³-hybridized carbons (Fsp3) is 0.455. The molecule has 2 aliphatic rings. The molecule has 0 unspecified atom stereocenters. The zero-order valence-corrected chi connectivity index (χ0v) is 15.6. The minimum atomic E-state index is -0.0527. The van der Waals surface area contributed by atoms with Gasteiger partial charge in [0.25, 0.3) is 0 Å². The minimum absolute atomic E-state index is 0.0527. The van der Waals surface area contributed by atoms with Crippen molar-refractivity contribution in [1.29, 1.82) is 0 Å². The molecule has 2 aromatic rings. The van der Waals surface area contributed by atoms with Crippen molar-refractivity contribution >= 4 is 5.91 Å². The monoisotopic (exact) mass is 365 g/mol. The van der Waals surface area contributed by atoms with Crippen molar-refractivity contribution in [2.75, 3.05) is 13.1 Å². The van der Waals surface area contributed by atoms with Crippen molar-refractivity contribution in [1.82, 2.24) is 15.2 Å². The summed E-state index contributed by atoms with van der Waals surface area (Å²) in [5.41, 5.74) is 2.37. The van der Waals surface area contributed by atoms with Crippen molar-refractivity contribution in [2.45, 2.75) is 50.5 Å². The maximum Gasteiger partial charge on any atom is 0.239 e. The molecular formula is C22H27N3O2. The second-order valence-electron chi connectivity index (χ2n) is 7.46. The Morgan fingerprint density at radius 2 is 1.89 bits per heavy atom. The average molecular weight is 365 g/mol. The first-order valence-corrected chi connectivity index (χ1v) is 9.90. The van der Waals surface area contributed by atoms with Crippen LogP contribution in [0.15, 0.2) is 54.9 Å². The summed E-state index contributed by atoms with van der Waals surface area (Å²) in [6.07, 6.45) is 7.58. The lowest BCUT2D eigenvalue weighted by Gasteiger charge is -2.33. The van der Waals surface area contributed by atoms with Crippen LogP contribution in [0.4, 0.5) is 0 Å². The third-order valence-electron chi connectivity index (χ3n) is 5.61. The number of nitrogens with zero attached hydrogens (tertiary/aromatic N) is 2. The molecule has 1 aromatic heterocycles. The topological polar surface area (TPSA) is 54.5 Å². The molecule has 0 bridgehead atoms. The summed E-state index contributed by atoms with van der Waals surface area (Å²) in [7, 11) is 0. The summed E-state index contributed by atoms with van der Waals surface area (Å²) in [5.74, 6) is 0.249. The number of rotatable bonds is 5. The van der Waals surface area contributed by atoms with Gasteiger partial charge in [-0.2, -0.15) is 0 Å². The van der Waals surface area contributed by atoms with Gasteiger partial charge in [-0.3, -0.25) is 15.1 Å². The minimum Gasteiger partial charge on any atom is -0.373 e. The highest BCUT2D eigenvalue weighted by atomic mass is 16.5. The van der Waals surface area contributed by atoms with Gasteiger partial charge in [0.15, 0.2) is 0 Å². The van der Waals surface area contributed by atoms with Crippen molar-refractivity contribution in [3.05, 3.63) is 66.0 Å². The Morgan fingerprint density at radius 1 is 1.07 bits per heavy atom. The number of hydrogen-bond acceptors (Lipinski definition) is 4. The van der Waals surface area contributed by atoms with Crippen molar-refractivity contribution in [2.24, 2.45) is 0 Å². The SMILES string of the molecule is O=C([C@H]1CC[C@H](c2ccccc2)N1)N1CCC(OCc2cccnc2)CC1. The lowest BCUT2D eigenvalue weighted by atomic mass is 10.0. The smallest absolute Gasteiger partial charge is 0.239 e. The number of carbonyl (C=O) groups is 1. The van der Waals surface area contributed by atoms with Crippen LogP contribution < -0.4 is 5.32 Å². The van der Waals surface area contributed by atoms with E-state index < -0.39 is 0 Å². The summed E-state index contributed by atoms with van der Waals surface area (Å²) in [4.78, 5) is 19.0. The summed E-state index contributed by atoms with van der Waals surface area (Å²) < 4.78 is 6.00. The summed E-state index contributed by atoms with van der Waals surface area (Å²) in [6.45, 7) is 2.16. The molecule has 1 amide bonds. The zero-order valence-electron chi connectivity index (χ0n) is 15.6. The molecule has 0 aliphatic carbocycles. The van der Waals surface area contributed by atoms with E-state index in [0.717, 1.165) is 44.3 Å². The molecule has 2 saturated heterocycles. The van der Waals surface area contributed by atoms with Crippen molar-refractivity contribution in [3.63, 3.8) is 0 Å². The molecule has 0 saturated carbocycles. The van der Waals surface area contributed by atoms with Gasteiger partial charge in [0.1, 0.15) is 0 Å². The molecule has 27 heavy (non-hydrogen) atoms. The molecule has 4 rings (SSSR count). The van der Waals surface area contributed by atoms with E-state index in [-0.39, 0.29) is 18.1 Å². The first-order chi connectivity index (χ1) is 13.3. The van der Waals surface area contributed by atoms with Crippen LogP contribution in [-0.4, -0.2) is 41.0 Å². The number of benzene rings is 1. The molecule has 3 heterocycles. The van der Waals surface area contributed by atoms with Crippen molar-refractivity contribution < 1.29 is 9.53 Å². The van der Waals surface area contributed by atoms with Gasteiger partial charge in [-0.1, -0.05) is 36.4 Å². The Morgan fingerprint density at radius 3 is 2.63 bits per heavy atom. The van der Waals surface area contributed by atoms with Crippen LogP contribution in [0, 0.1) is 0 Å². The number of ether oxygens (including phenoxy) is 1. The van der Waals surface area contributed by atoms with Gasteiger partial charge >= 0.3 is 0 Å². The van der Waals surface area contributed by atoms with Crippen LogP contribution in [-0.2, 0) is 16.1 Å². The molecule has 1 aromatic carbocycles. The van der Waals surface area contributed by atoms with E-state index in [1.54, 1.807) is 6.20 Å². The summed E-state index contributed by atoms with van der Waals surface area (Å²) in [6, 6.07) is 14.6. The number of amides is 1. The predicted molar refractivity (Wildman–Crippen MR) is 104 cm³/mol. The molecule has 5 heteroatoms. The predicted octanol–water partition coefficient (Wildman–Crippen LogP) is 3.08. The van der Waals surface area contributed by atoms with Gasteiger partial charge in [-0.05, 0) is 42.9 Å². The second-order valence-corrected chi connectivity index (χ2v) is 7.46. The molecule has 5 nitrogen and oxygen atoms in total. The second kappa shape index (κ2) is 8.63. The van der Waals surface area contributed by atoms with E-state index in [1.807, 2.05) is 29.3 Å². The van der Waals surface area contributed by atoms with Gasteiger partial charge in [-0.15, -0.1) is 0 Å². The molecule has 0 radical (unpaired) electrons. The van der Waals surface area contributed by atoms with Crippen LogP contribution in [0.1, 0.15) is 42.9 Å². The van der Waals surface area contributed by atoms with Crippen LogP contribution >= 0.6 is 0 Å². The van der Waals surface area contributed by atoms with Crippen molar-refractivity contribution in [3.8, 4) is 0 Å². The highest BCUT2D eigenvalue weighted by Crippen LogP contribution is 2.28. The fourth-order valence-electron chi connectivity index (χ4n) is 4.05. The number of likely N-dealkylation sites (tertiary alicyclic amines) is 1. The van der Waals surface area contributed by atoms with E-state index in [0.29, 0.717) is 12.6 Å². The maximum atomic E-state index is 12.9. The Labute approximate surface area is 160 Å². The highest BCUT2D eigenvalue weighted by molar-refractivity contribution is 5.82. The van der Waals surface area contributed by atoms with Crippen LogP contribution in [0.5, 0.6) is 0 Å². The Balaban J connectivity index is 1.23. The van der Waals surface area contributed by atoms with Gasteiger partial charge in [0.2, 0.25) is 5.91 Å². The summed E-state index contributed by atoms with van der Waals surface area (Å²) in [5, 5.41) is 3.53. The van der Waals surface area contributed by atoms with E-state index in [2.05, 4.69) is 34.6 Å². The standard InChI is InChI=1S/C22H27N3O2/c26-22(21-9-8-20(24-21)18-6-2-1-3-7-18)25-13-10-19(11-14-25)27-16-17-5-4-12-23-15-17/h1-7,12,15,19-21,24H,8-11,13-14,16H2/t20-,21-/m1/s1. The molecule has 1 N–H and O–H groups in total. The van der Waals surface area contributed by atoms with E-state index >= 15 is 0 Å². The van der Waals surface area contributed by atoms with Gasteiger partial charge in [0, 0.05) is 31.5 Å². The largest absolute Gasteiger partial charge is 0.373 e. The third-order valence-corrected chi connectivity index (χ3v) is 5.61. The van der Waals surface area contributed by atoms with E-state index in [4.69, 9.17) is 4.74 Å². The van der Waals surface area contributed by atoms with Gasteiger partial charge in [0.05, 0.1) is 18.8 Å². The number of hydrogen-bond donors (Lipinski definition) is 1. The Bertz CT molecular complexity index is 730. The van der Waals surface area contributed by atoms with E-state index in [1.165, 1.54) is 5.56 Å². The van der Waals surface area contributed by atoms with Gasteiger partial charge < -0.3 is 9.64 Å². The van der Waals surface area contributed by atoms with Crippen LogP contribution in [0.25, 0.3) is 0 Å². The maximum absolute atomic E-state index is 12.9. The lowest BCUT2D eigenvalue weighted by molar-refractivity contribution is -0.136. The fourth-order valence-corrected chi connectivity index (χ4v) is 4.05. The highest BCUT2D eigenvalue weighted by Gasteiger charge is 2.34. The number of carbonyl (C=O) groups excluding carboxylic acids is 1. The third kappa shape index (κ3) is 4.54. The Kier molecular flexibility index (Phi) is 5.80. The molecule has 2 atom stereocenters. The molecule has 2 aliphatic heterocycles. The van der Waals surface area contributed by atoms with E-state index in [9.17, 15) is 4.79 Å². The first kappa shape index (κ1) is 18.1. The van der Waals surface area contributed by atoms with Gasteiger partial charge in [-0.25, -0.2) is 0 Å². The Hall–Kier alpha value is -2.24. The number of nitrogens with one attached hydrogen (secondary N) is 1. The molecule has 2 fully saturated rings. The molecule has 142 valence electrons. The number of aromatic nitrogens is 1. The molecule has 0 spiro atoms. The quantitative estimate of drug-likeness (QED) is 0.885. The number of pyridine rings is 1. The molecular weight excluding hydrogens is 338 g/mol. The zero-order chi connectivity index (χ0) is 18.5. The first-order valence-electron chi connectivity index (χ1n) is 9.90. The van der Waals surface area contributed by atoms with Crippen LogP contribution in [0.2, 0.25) is 0 Å².